The molecule has 4 rings (SSSR count). The van der Waals surface area contributed by atoms with Crippen molar-refractivity contribution >= 4 is 17.0 Å². The molecule has 1 fully saturated rings. The molecule has 1 aliphatic rings. The molecule has 2 N–H and O–H groups in total. The zero-order chi connectivity index (χ0) is 26.7. The average Bonchev–Trinajstić information content (AvgIpc) is 3.49. The van der Waals surface area contributed by atoms with Crippen LogP contribution in [-0.2, 0) is 34.4 Å². The summed E-state index contributed by atoms with van der Waals surface area (Å²) in [5.74, 6) is 0.545. The highest BCUT2D eigenvalue weighted by molar-refractivity contribution is 5.81. The highest BCUT2D eigenvalue weighted by Gasteiger charge is 2.26. The van der Waals surface area contributed by atoms with Crippen molar-refractivity contribution in [1.82, 2.24) is 19.4 Å². The molecule has 0 spiro atoms. The third-order valence-corrected chi connectivity index (χ3v) is 6.66. The van der Waals surface area contributed by atoms with E-state index in [1.807, 2.05) is 45.2 Å². The Morgan fingerprint density at radius 1 is 1.30 bits per heavy atom. The molecule has 3 atom stereocenters. The normalized spacial score (nSPS) is 17.4. The van der Waals surface area contributed by atoms with Gasteiger partial charge in [-0.15, -0.1) is 0 Å². The van der Waals surface area contributed by atoms with Gasteiger partial charge in [0, 0.05) is 37.5 Å². The van der Waals surface area contributed by atoms with Crippen molar-refractivity contribution in [2.24, 2.45) is 13.0 Å². The molecule has 1 saturated heterocycles. The lowest BCUT2D eigenvalue weighted by molar-refractivity contribution is -0.150. The fraction of sp³-hybridized carbons (Fsp3) is 0.536. The third kappa shape index (κ3) is 6.29. The largest absolute Gasteiger partial charge is 0.464 e. The Balaban J connectivity index is 1.65. The van der Waals surface area contributed by atoms with Crippen LogP contribution in [0, 0.1) is 12.8 Å². The average molecular weight is 511 g/mol. The summed E-state index contributed by atoms with van der Waals surface area (Å²) >= 11 is 0. The molecule has 0 amide bonds. The highest BCUT2D eigenvalue weighted by atomic mass is 16.5. The van der Waals surface area contributed by atoms with E-state index in [-0.39, 0.29) is 17.6 Å². The van der Waals surface area contributed by atoms with E-state index in [4.69, 9.17) is 14.5 Å². The number of carbonyl (C=O) groups excluding carboxylic acids is 1. The molecule has 9 nitrogen and oxygen atoms in total. The van der Waals surface area contributed by atoms with Crippen LogP contribution in [0.3, 0.4) is 0 Å². The van der Waals surface area contributed by atoms with Gasteiger partial charge in [-0.3, -0.25) is 14.9 Å². The second-order valence-corrected chi connectivity index (χ2v) is 10.5. The van der Waals surface area contributed by atoms with Crippen LogP contribution in [0.2, 0.25) is 0 Å². The summed E-state index contributed by atoms with van der Waals surface area (Å²) in [6.07, 6.45) is 3.05. The van der Waals surface area contributed by atoms with Gasteiger partial charge >= 0.3 is 5.97 Å². The Morgan fingerprint density at radius 3 is 2.73 bits per heavy atom. The topological polar surface area (TPSA) is 108 Å². The van der Waals surface area contributed by atoms with Crippen LogP contribution in [0.1, 0.15) is 44.7 Å². The van der Waals surface area contributed by atoms with Crippen LogP contribution in [0.15, 0.2) is 35.3 Å². The van der Waals surface area contributed by atoms with Gasteiger partial charge in [-0.1, -0.05) is 19.9 Å². The van der Waals surface area contributed by atoms with Gasteiger partial charge in [-0.05, 0) is 56.4 Å². The van der Waals surface area contributed by atoms with Crippen molar-refractivity contribution in [3.05, 3.63) is 51.9 Å². The van der Waals surface area contributed by atoms with Crippen molar-refractivity contribution in [2.45, 2.75) is 71.9 Å². The summed E-state index contributed by atoms with van der Waals surface area (Å²) in [6, 6.07) is 7.04. The SMILES string of the molecule is Cc1cc(-c2nc3ccc(CN[C@H](C(=O)OCC(C)C)[C@H](C)O)cc3n2C[C@@H]2CCCO2)cn(C)c1=O. The number of hydrogen-bond donors (Lipinski definition) is 2. The molecule has 0 saturated carbocycles. The maximum Gasteiger partial charge on any atom is 0.325 e. The number of aromatic nitrogens is 3. The van der Waals surface area contributed by atoms with E-state index >= 15 is 0 Å². The summed E-state index contributed by atoms with van der Waals surface area (Å²) in [4.78, 5) is 29.7. The van der Waals surface area contributed by atoms with Crippen molar-refractivity contribution < 1.29 is 19.4 Å². The van der Waals surface area contributed by atoms with Crippen molar-refractivity contribution in [1.29, 1.82) is 0 Å². The lowest BCUT2D eigenvalue weighted by Crippen LogP contribution is -2.45. The van der Waals surface area contributed by atoms with Crippen molar-refractivity contribution in [3.63, 3.8) is 0 Å². The number of carbonyl (C=O) groups is 1. The maximum atomic E-state index is 12.5. The van der Waals surface area contributed by atoms with E-state index < -0.39 is 18.1 Å². The van der Waals surface area contributed by atoms with Crippen LogP contribution in [0.5, 0.6) is 0 Å². The third-order valence-electron chi connectivity index (χ3n) is 6.66. The summed E-state index contributed by atoms with van der Waals surface area (Å²) in [6.45, 7) is 9.43. The summed E-state index contributed by atoms with van der Waals surface area (Å²) in [5.41, 5.74) is 4.24. The molecular weight excluding hydrogens is 472 g/mol. The molecule has 200 valence electrons. The van der Waals surface area contributed by atoms with Crippen LogP contribution < -0.4 is 10.9 Å². The molecule has 9 heteroatoms. The fourth-order valence-electron chi connectivity index (χ4n) is 4.69. The number of aliphatic hydroxyl groups excluding tert-OH is 1. The summed E-state index contributed by atoms with van der Waals surface area (Å²) in [7, 11) is 1.75. The summed E-state index contributed by atoms with van der Waals surface area (Å²) in [5, 5.41) is 13.3. The first-order valence-electron chi connectivity index (χ1n) is 13.0. The number of rotatable bonds is 10. The molecule has 0 aliphatic carbocycles. The minimum Gasteiger partial charge on any atom is -0.464 e. The van der Waals surface area contributed by atoms with Gasteiger partial charge in [0.15, 0.2) is 0 Å². The van der Waals surface area contributed by atoms with Crippen LogP contribution in [0.4, 0.5) is 0 Å². The van der Waals surface area contributed by atoms with Crippen LogP contribution in [-0.4, -0.2) is 56.7 Å². The number of nitrogens with zero attached hydrogens (tertiary/aromatic N) is 3. The van der Waals surface area contributed by atoms with E-state index in [2.05, 4.69) is 16.0 Å². The number of imidazole rings is 1. The molecule has 0 bridgehead atoms. The quantitative estimate of drug-likeness (QED) is 0.404. The molecule has 2 aromatic heterocycles. The number of nitrogens with one attached hydrogen (secondary N) is 1. The standard InChI is InChI=1S/C28H38N4O5/c1-17(2)16-37-28(35)25(19(4)33)29-13-20-8-9-23-24(12-20)32(15-22-7-6-10-36-22)26(30-23)21-11-18(3)27(34)31(5)14-21/h8-9,11-12,14,17,19,22,25,29,33H,6-7,10,13,15-16H2,1-5H3/t19-,22-,25-/m0/s1. The summed E-state index contributed by atoms with van der Waals surface area (Å²) < 4.78 is 15.0. The first kappa shape index (κ1) is 27.0. The lowest BCUT2D eigenvalue weighted by Gasteiger charge is -2.21. The van der Waals surface area contributed by atoms with E-state index in [0.717, 1.165) is 47.4 Å². The van der Waals surface area contributed by atoms with Crippen LogP contribution >= 0.6 is 0 Å². The number of fused-ring (bicyclic) bond motifs is 1. The van der Waals surface area contributed by atoms with E-state index in [1.165, 1.54) is 0 Å². The maximum absolute atomic E-state index is 12.5. The smallest absolute Gasteiger partial charge is 0.325 e. The molecular formula is C28H38N4O5. The Morgan fingerprint density at radius 2 is 2.08 bits per heavy atom. The van der Waals surface area contributed by atoms with E-state index in [1.54, 1.807) is 18.5 Å². The Bertz CT molecular complexity index is 1280. The molecule has 3 aromatic rings. The number of ether oxygens (including phenoxy) is 2. The first-order valence-corrected chi connectivity index (χ1v) is 13.0. The molecule has 1 aliphatic heterocycles. The van der Waals surface area contributed by atoms with E-state index in [9.17, 15) is 14.7 Å². The number of benzene rings is 1. The Labute approximate surface area is 217 Å². The number of aliphatic hydroxyl groups is 1. The first-order chi connectivity index (χ1) is 17.6. The molecule has 0 unspecified atom stereocenters. The van der Waals surface area contributed by atoms with Gasteiger partial charge in [0.25, 0.3) is 5.56 Å². The van der Waals surface area contributed by atoms with Gasteiger partial charge in [0.05, 0.1) is 36.4 Å². The van der Waals surface area contributed by atoms with Gasteiger partial charge in [-0.2, -0.15) is 0 Å². The Kier molecular flexibility index (Phi) is 8.46. The second-order valence-electron chi connectivity index (χ2n) is 10.5. The fourth-order valence-corrected chi connectivity index (χ4v) is 4.69. The predicted octanol–water partition coefficient (Wildman–Crippen LogP) is 2.93. The zero-order valence-electron chi connectivity index (χ0n) is 22.4. The zero-order valence-corrected chi connectivity index (χ0v) is 22.4. The van der Waals surface area contributed by atoms with Gasteiger partial charge in [-0.25, -0.2) is 4.98 Å². The van der Waals surface area contributed by atoms with Crippen molar-refractivity contribution in [3.8, 4) is 11.4 Å². The van der Waals surface area contributed by atoms with Crippen LogP contribution in [0.25, 0.3) is 22.4 Å². The number of hydrogen-bond acceptors (Lipinski definition) is 7. The van der Waals surface area contributed by atoms with E-state index in [0.29, 0.717) is 25.3 Å². The second kappa shape index (κ2) is 11.6. The lowest BCUT2D eigenvalue weighted by atomic mass is 10.1. The monoisotopic (exact) mass is 510 g/mol. The number of pyridine rings is 1. The number of aryl methyl sites for hydroxylation is 2. The Hall–Kier alpha value is -3.01. The molecule has 37 heavy (non-hydrogen) atoms. The minimum absolute atomic E-state index is 0.0292. The van der Waals surface area contributed by atoms with Gasteiger partial charge in [0.1, 0.15) is 11.9 Å². The minimum atomic E-state index is -0.895. The number of esters is 1. The molecule has 3 heterocycles. The highest BCUT2D eigenvalue weighted by Crippen LogP contribution is 2.28. The molecule has 0 radical (unpaired) electrons. The van der Waals surface area contributed by atoms with Gasteiger partial charge < -0.3 is 23.7 Å². The predicted molar refractivity (Wildman–Crippen MR) is 142 cm³/mol. The van der Waals surface area contributed by atoms with Gasteiger partial charge in [0.2, 0.25) is 0 Å². The van der Waals surface area contributed by atoms with Crippen molar-refractivity contribution in [2.75, 3.05) is 13.2 Å². The molecule has 1 aromatic carbocycles.